The molecule has 4 rings (SSSR count). The number of benzene rings is 3. The molecule has 1 saturated heterocycles. The quantitative estimate of drug-likeness (QED) is 0.302. The summed E-state index contributed by atoms with van der Waals surface area (Å²) in [5.74, 6) is -5.32. The monoisotopic (exact) mass is 488 g/mol. The second-order valence-corrected chi connectivity index (χ2v) is 9.24. The van der Waals surface area contributed by atoms with Crippen molar-refractivity contribution < 1.29 is 26.7 Å². The summed E-state index contributed by atoms with van der Waals surface area (Å²) in [6.45, 7) is 4.53. The first-order valence-electron chi connectivity index (χ1n) is 12.2. The second kappa shape index (κ2) is 10.9. The number of ether oxygens (including phenoxy) is 1. The van der Waals surface area contributed by atoms with Crippen LogP contribution < -0.4 is 0 Å². The minimum absolute atomic E-state index is 0.0768. The van der Waals surface area contributed by atoms with Gasteiger partial charge in [-0.15, -0.1) is 0 Å². The summed E-state index contributed by atoms with van der Waals surface area (Å²) in [6, 6.07) is 9.32. The van der Waals surface area contributed by atoms with Crippen molar-refractivity contribution in [2.45, 2.75) is 58.5 Å². The normalized spacial score (nSPS) is 18.1. The van der Waals surface area contributed by atoms with Crippen molar-refractivity contribution in [3.8, 4) is 22.3 Å². The molecule has 2 atom stereocenters. The SMILES string of the molecule is CCCc1ccc(-c2ccc(-c3ccc(C4CCC(CCC)CO4)c(F)c3F)c(F)c2F)c(F)c1. The highest BCUT2D eigenvalue weighted by atomic mass is 19.2. The predicted octanol–water partition coefficient (Wildman–Crippen LogP) is 8.94. The molecule has 186 valence electrons. The van der Waals surface area contributed by atoms with Crippen LogP contribution in [0.4, 0.5) is 22.0 Å². The third-order valence-corrected chi connectivity index (χ3v) is 6.76. The maximum atomic E-state index is 15.0. The van der Waals surface area contributed by atoms with Crippen LogP contribution in [0, 0.1) is 35.0 Å². The zero-order valence-electron chi connectivity index (χ0n) is 19.9. The fourth-order valence-electron chi connectivity index (χ4n) is 4.89. The van der Waals surface area contributed by atoms with E-state index in [1.165, 1.54) is 30.3 Å². The van der Waals surface area contributed by atoms with Gasteiger partial charge in [0.25, 0.3) is 0 Å². The van der Waals surface area contributed by atoms with E-state index in [9.17, 15) is 13.2 Å². The highest BCUT2D eigenvalue weighted by molar-refractivity contribution is 5.73. The van der Waals surface area contributed by atoms with Crippen molar-refractivity contribution >= 4 is 0 Å². The van der Waals surface area contributed by atoms with Gasteiger partial charge in [-0.25, -0.2) is 22.0 Å². The van der Waals surface area contributed by atoms with E-state index in [0.29, 0.717) is 25.4 Å². The topological polar surface area (TPSA) is 9.23 Å². The molecular formula is C29H29F5O. The van der Waals surface area contributed by atoms with Crippen LogP contribution in [0.3, 0.4) is 0 Å². The maximum Gasteiger partial charge on any atom is 0.167 e. The average Bonchev–Trinajstić information content (AvgIpc) is 2.85. The molecule has 1 fully saturated rings. The van der Waals surface area contributed by atoms with Crippen LogP contribution in [0.1, 0.15) is 63.2 Å². The fraction of sp³-hybridized carbons (Fsp3) is 0.379. The number of rotatable bonds is 7. The first kappa shape index (κ1) is 25.4. The lowest BCUT2D eigenvalue weighted by Crippen LogP contribution is -2.21. The van der Waals surface area contributed by atoms with E-state index in [1.54, 1.807) is 6.07 Å². The lowest BCUT2D eigenvalue weighted by atomic mass is 9.90. The molecule has 0 aliphatic carbocycles. The Labute approximate surface area is 202 Å². The minimum atomic E-state index is -1.36. The van der Waals surface area contributed by atoms with Gasteiger partial charge in [-0.05, 0) is 43.2 Å². The Balaban J connectivity index is 1.64. The Bertz CT molecular complexity index is 1200. The highest BCUT2D eigenvalue weighted by Gasteiger charge is 2.28. The van der Waals surface area contributed by atoms with Crippen LogP contribution in [0.15, 0.2) is 42.5 Å². The molecule has 3 aromatic carbocycles. The Morgan fingerprint density at radius 2 is 1.31 bits per heavy atom. The number of hydrogen-bond acceptors (Lipinski definition) is 1. The molecule has 0 bridgehead atoms. The Morgan fingerprint density at radius 1 is 0.714 bits per heavy atom. The van der Waals surface area contributed by atoms with Crippen molar-refractivity contribution in [3.05, 3.63) is 82.7 Å². The molecule has 35 heavy (non-hydrogen) atoms. The van der Waals surface area contributed by atoms with E-state index in [0.717, 1.165) is 37.3 Å². The van der Waals surface area contributed by atoms with Crippen LogP contribution >= 0.6 is 0 Å². The van der Waals surface area contributed by atoms with E-state index in [1.807, 2.05) is 6.92 Å². The molecule has 0 saturated carbocycles. The lowest BCUT2D eigenvalue weighted by molar-refractivity contribution is -0.0214. The van der Waals surface area contributed by atoms with Gasteiger partial charge in [0.05, 0.1) is 12.7 Å². The van der Waals surface area contributed by atoms with E-state index in [4.69, 9.17) is 4.74 Å². The summed E-state index contributed by atoms with van der Waals surface area (Å²) in [4.78, 5) is 0. The van der Waals surface area contributed by atoms with Crippen LogP contribution in [0.2, 0.25) is 0 Å². The molecule has 1 aliphatic heterocycles. The van der Waals surface area contributed by atoms with Gasteiger partial charge in [-0.1, -0.05) is 63.1 Å². The summed E-state index contributed by atoms with van der Waals surface area (Å²) in [7, 11) is 0. The smallest absolute Gasteiger partial charge is 0.167 e. The average molecular weight is 489 g/mol. The van der Waals surface area contributed by atoms with Gasteiger partial charge in [0.1, 0.15) is 5.82 Å². The zero-order valence-corrected chi connectivity index (χ0v) is 19.9. The van der Waals surface area contributed by atoms with Crippen LogP contribution in [-0.4, -0.2) is 6.61 Å². The fourth-order valence-corrected chi connectivity index (χ4v) is 4.89. The predicted molar refractivity (Wildman–Crippen MR) is 127 cm³/mol. The number of hydrogen-bond donors (Lipinski definition) is 0. The molecule has 2 unspecified atom stereocenters. The molecule has 3 aromatic rings. The molecule has 0 spiro atoms. The minimum Gasteiger partial charge on any atom is -0.373 e. The van der Waals surface area contributed by atoms with Gasteiger partial charge in [0.15, 0.2) is 23.3 Å². The van der Waals surface area contributed by atoms with E-state index in [-0.39, 0.29) is 16.7 Å². The first-order chi connectivity index (χ1) is 16.8. The summed E-state index contributed by atoms with van der Waals surface area (Å²) in [5.41, 5.74) is -0.357. The molecule has 1 aliphatic rings. The molecule has 0 aromatic heterocycles. The Hall–Kier alpha value is -2.73. The van der Waals surface area contributed by atoms with Gasteiger partial charge in [0.2, 0.25) is 0 Å². The molecule has 1 nitrogen and oxygen atoms in total. The van der Waals surface area contributed by atoms with Gasteiger partial charge < -0.3 is 4.74 Å². The van der Waals surface area contributed by atoms with Crippen molar-refractivity contribution in [2.24, 2.45) is 5.92 Å². The first-order valence-corrected chi connectivity index (χ1v) is 12.2. The molecule has 0 N–H and O–H groups in total. The molecule has 0 amide bonds. The summed E-state index contributed by atoms with van der Waals surface area (Å²) in [5, 5.41) is 0. The van der Waals surface area contributed by atoms with Gasteiger partial charge in [-0.3, -0.25) is 0 Å². The van der Waals surface area contributed by atoms with E-state index in [2.05, 4.69) is 6.92 Å². The summed E-state index contributed by atoms with van der Waals surface area (Å²) < 4.78 is 80.4. The molecule has 0 radical (unpaired) electrons. The Kier molecular flexibility index (Phi) is 7.90. The van der Waals surface area contributed by atoms with Crippen LogP contribution in [0.25, 0.3) is 22.3 Å². The third-order valence-electron chi connectivity index (χ3n) is 6.76. The van der Waals surface area contributed by atoms with Gasteiger partial charge in [-0.2, -0.15) is 0 Å². The van der Waals surface area contributed by atoms with Crippen LogP contribution in [0.5, 0.6) is 0 Å². The summed E-state index contributed by atoms with van der Waals surface area (Å²) >= 11 is 0. The lowest BCUT2D eigenvalue weighted by Gasteiger charge is -2.29. The van der Waals surface area contributed by atoms with Crippen molar-refractivity contribution in [1.82, 2.24) is 0 Å². The van der Waals surface area contributed by atoms with Crippen molar-refractivity contribution in [3.63, 3.8) is 0 Å². The van der Waals surface area contributed by atoms with Crippen molar-refractivity contribution in [2.75, 3.05) is 6.61 Å². The highest BCUT2D eigenvalue weighted by Crippen LogP contribution is 2.38. The maximum absolute atomic E-state index is 15.0. The Morgan fingerprint density at radius 3 is 1.89 bits per heavy atom. The molecular weight excluding hydrogens is 459 g/mol. The van der Waals surface area contributed by atoms with Gasteiger partial charge >= 0.3 is 0 Å². The number of halogens is 5. The van der Waals surface area contributed by atoms with E-state index >= 15 is 8.78 Å². The van der Waals surface area contributed by atoms with E-state index < -0.39 is 46.3 Å². The second-order valence-electron chi connectivity index (χ2n) is 9.24. The molecule has 1 heterocycles. The van der Waals surface area contributed by atoms with Gasteiger partial charge in [0, 0.05) is 27.8 Å². The largest absolute Gasteiger partial charge is 0.373 e. The molecule has 6 heteroatoms. The van der Waals surface area contributed by atoms with Crippen molar-refractivity contribution in [1.29, 1.82) is 0 Å². The summed E-state index contributed by atoms with van der Waals surface area (Å²) in [6.07, 6.45) is 4.40. The number of aryl methyl sites for hydroxylation is 1. The van der Waals surface area contributed by atoms with Crippen LogP contribution in [-0.2, 0) is 11.2 Å². The zero-order chi connectivity index (χ0) is 25.1. The third kappa shape index (κ3) is 5.13. The standard InChI is InChI=1S/C29H29F5O/c1-3-5-17-7-9-19(24(30)15-17)20-10-11-21(27(32)26(20)31)22-12-13-23(29(34)28(22)33)25-14-8-18(6-4-2)16-35-25/h7,9-13,15,18,25H,3-6,8,14,16H2,1-2H3.